The van der Waals surface area contributed by atoms with Crippen LogP contribution < -0.4 is 0 Å². The zero-order valence-corrected chi connectivity index (χ0v) is 12.4. The third kappa shape index (κ3) is 2.95. The van der Waals surface area contributed by atoms with E-state index in [1.807, 2.05) is 27.7 Å². The number of hydrogen-bond acceptors (Lipinski definition) is 4. The van der Waals surface area contributed by atoms with Gasteiger partial charge in [-0.2, -0.15) is 0 Å². The van der Waals surface area contributed by atoms with Crippen molar-refractivity contribution in [2.75, 3.05) is 6.61 Å². The van der Waals surface area contributed by atoms with Crippen LogP contribution in [0, 0.1) is 0 Å². The number of rotatable bonds is 2. The van der Waals surface area contributed by atoms with Crippen LogP contribution in [-0.2, 0) is 9.47 Å². The first-order valence-corrected chi connectivity index (χ1v) is 6.25. The van der Waals surface area contributed by atoms with Crippen LogP contribution in [0.3, 0.4) is 0 Å². The van der Waals surface area contributed by atoms with Crippen LogP contribution in [0.15, 0.2) is 0 Å². The Balaban J connectivity index is 2.83. The zero-order valence-electron chi connectivity index (χ0n) is 12.4. The fourth-order valence-corrected chi connectivity index (χ4v) is 2.03. The molecule has 0 radical (unpaired) electrons. The molecule has 1 rings (SSSR count). The highest BCUT2D eigenvalue weighted by atomic mass is 16.6. The lowest BCUT2D eigenvalue weighted by Crippen LogP contribution is -2.54. The van der Waals surface area contributed by atoms with Gasteiger partial charge in [0.1, 0.15) is 11.8 Å². The van der Waals surface area contributed by atoms with E-state index in [-0.39, 0.29) is 0 Å². The minimum atomic E-state index is -1.06. The summed E-state index contributed by atoms with van der Waals surface area (Å²) in [6, 6.07) is 0. The minimum absolute atomic E-state index is 0.417. The lowest BCUT2D eigenvalue weighted by Gasteiger charge is -2.38. The van der Waals surface area contributed by atoms with Crippen molar-refractivity contribution in [3.8, 4) is 0 Å². The van der Waals surface area contributed by atoms with E-state index in [2.05, 4.69) is 0 Å². The van der Waals surface area contributed by atoms with Crippen molar-refractivity contribution in [1.82, 2.24) is 4.90 Å². The van der Waals surface area contributed by atoms with Crippen molar-refractivity contribution in [3.05, 3.63) is 0 Å². The van der Waals surface area contributed by atoms with E-state index in [1.165, 1.54) is 0 Å². The number of carbonyl (C=O) groups excluding carboxylic acids is 1. The molecule has 1 N–H and O–H groups in total. The molecule has 1 unspecified atom stereocenters. The van der Waals surface area contributed by atoms with Gasteiger partial charge in [0.05, 0.1) is 17.7 Å². The zero-order chi connectivity index (χ0) is 14.4. The highest BCUT2D eigenvalue weighted by Gasteiger charge is 2.50. The van der Waals surface area contributed by atoms with Crippen molar-refractivity contribution < 1.29 is 19.4 Å². The van der Waals surface area contributed by atoms with Crippen LogP contribution in [0.4, 0.5) is 4.79 Å². The molecule has 0 spiro atoms. The van der Waals surface area contributed by atoms with Gasteiger partial charge in [0.2, 0.25) is 0 Å². The van der Waals surface area contributed by atoms with E-state index in [4.69, 9.17) is 9.47 Å². The lowest BCUT2D eigenvalue weighted by atomic mass is 10.0. The monoisotopic (exact) mass is 259 g/mol. The van der Waals surface area contributed by atoms with E-state index in [1.54, 1.807) is 25.7 Å². The predicted molar refractivity (Wildman–Crippen MR) is 68.2 cm³/mol. The van der Waals surface area contributed by atoms with Crippen LogP contribution in [0.1, 0.15) is 48.5 Å². The normalized spacial score (nSPS) is 23.9. The van der Waals surface area contributed by atoms with Crippen molar-refractivity contribution in [2.45, 2.75) is 71.4 Å². The van der Waals surface area contributed by atoms with Gasteiger partial charge >= 0.3 is 6.09 Å². The maximum atomic E-state index is 12.2. The highest BCUT2D eigenvalue weighted by molar-refractivity contribution is 5.70. The SMILES string of the molecule is CC(OC(=O)N1C(C)(C)COC1(C)C)C(C)(C)O. The van der Waals surface area contributed by atoms with Gasteiger partial charge in [0.15, 0.2) is 0 Å². The summed E-state index contributed by atoms with van der Waals surface area (Å²) in [5.41, 5.74) is -2.18. The van der Waals surface area contributed by atoms with E-state index in [0.717, 1.165) is 0 Å². The summed E-state index contributed by atoms with van der Waals surface area (Å²) >= 11 is 0. The van der Waals surface area contributed by atoms with Crippen molar-refractivity contribution in [1.29, 1.82) is 0 Å². The summed E-state index contributed by atoms with van der Waals surface area (Å²) in [6.45, 7) is 12.9. The molecule has 5 heteroatoms. The van der Waals surface area contributed by atoms with Crippen LogP contribution in [0.25, 0.3) is 0 Å². The highest BCUT2D eigenvalue weighted by Crippen LogP contribution is 2.35. The lowest BCUT2D eigenvalue weighted by molar-refractivity contribution is -0.0873. The topological polar surface area (TPSA) is 59.0 Å². The molecule has 1 fully saturated rings. The van der Waals surface area contributed by atoms with Crippen molar-refractivity contribution in [2.24, 2.45) is 0 Å². The first-order chi connectivity index (χ1) is 7.88. The molecule has 1 aliphatic heterocycles. The second kappa shape index (κ2) is 4.38. The van der Waals surface area contributed by atoms with Gasteiger partial charge in [-0.1, -0.05) is 0 Å². The van der Waals surface area contributed by atoms with E-state index in [9.17, 15) is 9.90 Å². The summed E-state index contributed by atoms with van der Waals surface area (Å²) < 4.78 is 10.9. The number of nitrogens with zero attached hydrogens (tertiary/aromatic N) is 1. The average Bonchev–Trinajstić information content (AvgIpc) is 2.33. The predicted octanol–water partition coefficient (Wildman–Crippen LogP) is 2.13. The standard InChI is InChI=1S/C13H25NO4/c1-9(12(4,5)16)18-10(15)14-11(2,3)8-17-13(14,6)7/h9,16H,8H2,1-7H3. The van der Waals surface area contributed by atoms with Crippen LogP contribution in [-0.4, -0.2) is 45.7 Å². The summed E-state index contributed by atoms with van der Waals surface area (Å²) in [5.74, 6) is 0. The van der Waals surface area contributed by atoms with Crippen LogP contribution in [0.5, 0.6) is 0 Å². The van der Waals surface area contributed by atoms with E-state index >= 15 is 0 Å². The van der Waals surface area contributed by atoms with Gasteiger partial charge in [0.25, 0.3) is 0 Å². The number of ether oxygens (including phenoxy) is 2. The molecule has 1 heterocycles. The smallest absolute Gasteiger partial charge is 0.412 e. The Morgan fingerprint density at radius 1 is 1.39 bits per heavy atom. The van der Waals surface area contributed by atoms with Gasteiger partial charge < -0.3 is 14.6 Å². The molecule has 1 aliphatic rings. The first kappa shape index (κ1) is 15.2. The molecule has 0 aromatic rings. The van der Waals surface area contributed by atoms with Gasteiger partial charge in [0, 0.05) is 0 Å². The molecule has 0 aromatic carbocycles. The fourth-order valence-electron chi connectivity index (χ4n) is 2.03. The Kier molecular flexibility index (Phi) is 3.71. The molecule has 0 bridgehead atoms. The second-order valence-corrected chi connectivity index (χ2v) is 6.56. The van der Waals surface area contributed by atoms with Crippen molar-refractivity contribution >= 4 is 6.09 Å². The van der Waals surface area contributed by atoms with Gasteiger partial charge in [-0.3, -0.25) is 4.90 Å². The molecule has 1 amide bonds. The number of hydrogen-bond donors (Lipinski definition) is 1. The Bertz CT molecular complexity index is 314. The summed E-state index contributed by atoms with van der Waals surface area (Å²) in [7, 11) is 0. The van der Waals surface area contributed by atoms with E-state index in [0.29, 0.717) is 6.61 Å². The Morgan fingerprint density at radius 2 is 1.89 bits per heavy atom. The molecule has 106 valence electrons. The molecule has 5 nitrogen and oxygen atoms in total. The van der Waals surface area contributed by atoms with Crippen LogP contribution >= 0.6 is 0 Å². The molecule has 18 heavy (non-hydrogen) atoms. The quantitative estimate of drug-likeness (QED) is 0.825. The largest absolute Gasteiger partial charge is 0.443 e. The average molecular weight is 259 g/mol. The van der Waals surface area contributed by atoms with Gasteiger partial charge in [-0.25, -0.2) is 4.79 Å². The summed E-state index contributed by atoms with van der Waals surface area (Å²) in [5, 5.41) is 9.81. The molecule has 0 aromatic heterocycles. The van der Waals surface area contributed by atoms with Gasteiger partial charge in [-0.15, -0.1) is 0 Å². The van der Waals surface area contributed by atoms with Crippen molar-refractivity contribution in [3.63, 3.8) is 0 Å². The van der Waals surface area contributed by atoms with E-state index < -0.39 is 29.1 Å². The molecule has 1 saturated heterocycles. The van der Waals surface area contributed by atoms with Gasteiger partial charge in [-0.05, 0) is 48.5 Å². The molecular formula is C13H25NO4. The maximum Gasteiger partial charge on any atom is 0.412 e. The summed E-state index contributed by atoms with van der Waals surface area (Å²) in [4.78, 5) is 13.8. The number of amides is 1. The Hall–Kier alpha value is -0.810. The minimum Gasteiger partial charge on any atom is -0.443 e. The fraction of sp³-hybridized carbons (Fsp3) is 0.923. The molecule has 0 saturated carbocycles. The Morgan fingerprint density at radius 3 is 2.22 bits per heavy atom. The third-order valence-corrected chi connectivity index (χ3v) is 3.38. The Labute approximate surface area is 109 Å². The second-order valence-electron chi connectivity index (χ2n) is 6.56. The molecule has 0 aliphatic carbocycles. The summed E-state index contributed by atoms with van der Waals surface area (Å²) in [6.07, 6.45) is -1.05. The maximum absolute atomic E-state index is 12.2. The van der Waals surface area contributed by atoms with Crippen LogP contribution in [0.2, 0.25) is 0 Å². The third-order valence-electron chi connectivity index (χ3n) is 3.38. The number of aliphatic hydroxyl groups is 1. The number of carbonyl (C=O) groups is 1. The first-order valence-electron chi connectivity index (χ1n) is 6.25. The molecule has 1 atom stereocenters. The molecular weight excluding hydrogens is 234 g/mol.